The summed E-state index contributed by atoms with van der Waals surface area (Å²) in [5, 5.41) is 10.3. The molecule has 0 aliphatic rings. The van der Waals surface area contributed by atoms with Crippen LogP contribution in [0.3, 0.4) is 0 Å². The maximum absolute atomic E-state index is 11.6. The Morgan fingerprint density at radius 3 is 2.38 bits per heavy atom. The van der Waals surface area contributed by atoms with E-state index < -0.39 is 5.97 Å². The van der Waals surface area contributed by atoms with Crippen LogP contribution in [0, 0.1) is 0 Å². The van der Waals surface area contributed by atoms with Gasteiger partial charge in [-0.25, -0.2) is 4.79 Å². The van der Waals surface area contributed by atoms with Gasteiger partial charge in [-0.1, -0.05) is 30.3 Å². The average Bonchev–Trinajstić information content (AvgIpc) is 2.90. The second kappa shape index (κ2) is 5.09. The van der Waals surface area contributed by atoms with Gasteiger partial charge in [-0.15, -0.1) is 0 Å². The fourth-order valence-electron chi connectivity index (χ4n) is 2.69. The van der Waals surface area contributed by atoms with Gasteiger partial charge in [-0.05, 0) is 43.2 Å². The summed E-state index contributed by atoms with van der Waals surface area (Å²) in [6, 6.07) is 15.9. The van der Waals surface area contributed by atoms with Crippen LogP contribution in [0.2, 0.25) is 0 Å². The Hall–Kier alpha value is -2.55. The van der Waals surface area contributed by atoms with Gasteiger partial charge in [0.1, 0.15) is 0 Å². The third-order valence-corrected chi connectivity index (χ3v) is 3.73. The highest BCUT2D eigenvalue weighted by Crippen LogP contribution is 2.30. The Kier molecular flexibility index (Phi) is 3.26. The van der Waals surface area contributed by atoms with E-state index in [1.165, 1.54) is 0 Å². The summed E-state index contributed by atoms with van der Waals surface area (Å²) in [4.78, 5) is 11.6. The summed E-state index contributed by atoms with van der Waals surface area (Å²) in [7, 11) is 0. The summed E-state index contributed by atoms with van der Waals surface area (Å²) in [6.07, 6.45) is 1.95. The SMILES string of the molecule is CC(C)n1ccc2c(C(=O)O)cc(-c3ccccc3)cc21. The largest absolute Gasteiger partial charge is 0.478 e. The monoisotopic (exact) mass is 279 g/mol. The van der Waals surface area contributed by atoms with Gasteiger partial charge in [0.2, 0.25) is 0 Å². The first-order chi connectivity index (χ1) is 10.1. The molecule has 0 fully saturated rings. The van der Waals surface area contributed by atoms with Crippen LogP contribution in [-0.2, 0) is 0 Å². The van der Waals surface area contributed by atoms with Crippen molar-refractivity contribution in [3.63, 3.8) is 0 Å². The van der Waals surface area contributed by atoms with Gasteiger partial charge < -0.3 is 9.67 Å². The number of aromatic carboxylic acids is 1. The maximum Gasteiger partial charge on any atom is 0.336 e. The van der Waals surface area contributed by atoms with Crippen LogP contribution in [0.1, 0.15) is 30.2 Å². The summed E-state index contributed by atoms with van der Waals surface area (Å²) in [5.41, 5.74) is 3.27. The molecule has 0 aliphatic carbocycles. The molecule has 0 bridgehead atoms. The molecule has 3 heteroatoms. The van der Waals surface area contributed by atoms with Crippen molar-refractivity contribution in [3.8, 4) is 11.1 Å². The van der Waals surface area contributed by atoms with Crippen LogP contribution in [0.5, 0.6) is 0 Å². The number of hydrogen-bond donors (Lipinski definition) is 1. The molecule has 3 aromatic rings. The normalized spacial score (nSPS) is 11.2. The molecule has 21 heavy (non-hydrogen) atoms. The minimum absolute atomic E-state index is 0.287. The Bertz CT molecular complexity index is 801. The lowest BCUT2D eigenvalue weighted by molar-refractivity contribution is 0.0699. The molecule has 1 aromatic heterocycles. The van der Waals surface area contributed by atoms with Crippen molar-refractivity contribution in [2.75, 3.05) is 0 Å². The first-order valence-electron chi connectivity index (χ1n) is 7.01. The van der Waals surface area contributed by atoms with E-state index in [4.69, 9.17) is 0 Å². The van der Waals surface area contributed by atoms with Crippen molar-refractivity contribution < 1.29 is 9.90 Å². The first kappa shape index (κ1) is 13.4. The zero-order valence-electron chi connectivity index (χ0n) is 12.1. The van der Waals surface area contributed by atoms with E-state index >= 15 is 0 Å². The second-order valence-electron chi connectivity index (χ2n) is 5.44. The molecule has 1 N–H and O–H groups in total. The molecule has 0 amide bonds. The molecule has 1 heterocycles. The molecule has 0 atom stereocenters. The summed E-state index contributed by atoms with van der Waals surface area (Å²) in [6.45, 7) is 4.18. The minimum atomic E-state index is -0.890. The molecule has 2 aromatic carbocycles. The highest BCUT2D eigenvalue weighted by molar-refractivity contribution is 6.05. The van der Waals surface area contributed by atoms with Crippen molar-refractivity contribution in [1.82, 2.24) is 4.57 Å². The lowest BCUT2D eigenvalue weighted by Crippen LogP contribution is -2.01. The number of rotatable bonds is 3. The van der Waals surface area contributed by atoms with Crippen molar-refractivity contribution in [3.05, 3.63) is 60.3 Å². The fourth-order valence-corrected chi connectivity index (χ4v) is 2.69. The highest BCUT2D eigenvalue weighted by atomic mass is 16.4. The van der Waals surface area contributed by atoms with Gasteiger partial charge in [0.25, 0.3) is 0 Å². The average molecular weight is 279 g/mol. The van der Waals surface area contributed by atoms with Gasteiger partial charge in [-0.3, -0.25) is 0 Å². The summed E-state index contributed by atoms with van der Waals surface area (Å²) >= 11 is 0. The number of nitrogens with zero attached hydrogens (tertiary/aromatic N) is 1. The van der Waals surface area contributed by atoms with Crippen LogP contribution in [0.4, 0.5) is 0 Å². The number of carboxylic acids is 1. The summed E-state index contributed by atoms with van der Waals surface area (Å²) < 4.78 is 2.11. The van der Waals surface area contributed by atoms with Crippen LogP contribution in [-0.4, -0.2) is 15.6 Å². The van der Waals surface area contributed by atoms with Crippen LogP contribution < -0.4 is 0 Å². The molecule has 0 saturated heterocycles. The molecule has 106 valence electrons. The van der Waals surface area contributed by atoms with Crippen molar-refractivity contribution in [2.45, 2.75) is 19.9 Å². The number of hydrogen-bond acceptors (Lipinski definition) is 1. The van der Waals surface area contributed by atoms with E-state index in [1.807, 2.05) is 42.6 Å². The molecule has 0 radical (unpaired) electrons. The third-order valence-electron chi connectivity index (χ3n) is 3.73. The topological polar surface area (TPSA) is 42.2 Å². The standard InChI is InChI=1S/C18H17NO2/c1-12(2)19-9-8-15-16(18(20)21)10-14(11-17(15)19)13-6-4-3-5-7-13/h3-12H,1-2H3,(H,20,21). The van der Waals surface area contributed by atoms with E-state index in [1.54, 1.807) is 6.07 Å². The Morgan fingerprint density at radius 1 is 1.05 bits per heavy atom. The zero-order valence-corrected chi connectivity index (χ0v) is 12.1. The molecular formula is C18H17NO2. The van der Waals surface area contributed by atoms with E-state index in [9.17, 15) is 9.90 Å². The quantitative estimate of drug-likeness (QED) is 0.762. The van der Waals surface area contributed by atoms with Gasteiger partial charge in [0.05, 0.1) is 5.56 Å². The van der Waals surface area contributed by atoms with Crippen molar-refractivity contribution >= 4 is 16.9 Å². The van der Waals surface area contributed by atoms with Gasteiger partial charge in [0.15, 0.2) is 0 Å². The maximum atomic E-state index is 11.6. The molecule has 0 spiro atoms. The summed E-state index contributed by atoms with van der Waals surface area (Å²) in [5.74, 6) is -0.890. The van der Waals surface area contributed by atoms with Crippen LogP contribution in [0.15, 0.2) is 54.7 Å². The molecular weight excluding hydrogens is 262 g/mol. The predicted octanol–water partition coefficient (Wildman–Crippen LogP) is 4.59. The molecule has 3 nitrogen and oxygen atoms in total. The zero-order chi connectivity index (χ0) is 15.0. The molecule has 3 rings (SSSR count). The Morgan fingerprint density at radius 2 is 1.76 bits per heavy atom. The first-order valence-corrected chi connectivity index (χ1v) is 7.01. The lowest BCUT2D eigenvalue weighted by atomic mass is 10.00. The van der Waals surface area contributed by atoms with Crippen molar-refractivity contribution in [1.29, 1.82) is 0 Å². The third kappa shape index (κ3) is 2.31. The van der Waals surface area contributed by atoms with Gasteiger partial charge in [0, 0.05) is 23.1 Å². The molecule has 0 aliphatic heterocycles. The minimum Gasteiger partial charge on any atom is -0.478 e. The van der Waals surface area contributed by atoms with E-state index in [0.717, 1.165) is 22.0 Å². The smallest absolute Gasteiger partial charge is 0.336 e. The lowest BCUT2D eigenvalue weighted by Gasteiger charge is -2.12. The Labute approximate surface area is 123 Å². The number of aromatic nitrogens is 1. The van der Waals surface area contributed by atoms with Crippen LogP contribution >= 0.6 is 0 Å². The van der Waals surface area contributed by atoms with E-state index in [-0.39, 0.29) is 6.04 Å². The fraction of sp³-hybridized carbons (Fsp3) is 0.167. The number of carbonyl (C=O) groups is 1. The van der Waals surface area contributed by atoms with Gasteiger partial charge in [-0.2, -0.15) is 0 Å². The van der Waals surface area contributed by atoms with E-state index in [0.29, 0.717) is 5.56 Å². The predicted molar refractivity (Wildman–Crippen MR) is 84.7 cm³/mol. The Balaban J connectivity index is 2.32. The highest BCUT2D eigenvalue weighted by Gasteiger charge is 2.15. The number of fused-ring (bicyclic) bond motifs is 1. The van der Waals surface area contributed by atoms with E-state index in [2.05, 4.69) is 24.5 Å². The molecule has 0 unspecified atom stereocenters. The molecule has 0 saturated carbocycles. The van der Waals surface area contributed by atoms with Crippen molar-refractivity contribution in [2.24, 2.45) is 0 Å². The number of carboxylic acid groups (broad SMARTS) is 1. The van der Waals surface area contributed by atoms with Gasteiger partial charge >= 0.3 is 5.97 Å². The second-order valence-corrected chi connectivity index (χ2v) is 5.44. The van der Waals surface area contributed by atoms with Crippen LogP contribution in [0.25, 0.3) is 22.0 Å². The number of benzene rings is 2.